The molecule has 0 spiro atoms. The molecule has 0 bridgehead atoms. The Hall–Kier alpha value is -2.19. The fraction of sp³-hybridized carbons (Fsp3) is 0.476. The summed E-state index contributed by atoms with van der Waals surface area (Å²) < 4.78 is 2.49. The van der Waals surface area contributed by atoms with Gasteiger partial charge in [0.1, 0.15) is 4.60 Å². The van der Waals surface area contributed by atoms with Gasteiger partial charge in [-0.25, -0.2) is 9.50 Å². The molecule has 0 radical (unpaired) electrons. The van der Waals surface area contributed by atoms with Gasteiger partial charge < -0.3 is 15.7 Å². The highest BCUT2D eigenvalue weighted by Crippen LogP contribution is 2.33. The molecule has 2 aromatic rings. The minimum atomic E-state index is -0.840. The molecule has 1 saturated carbocycles. The van der Waals surface area contributed by atoms with E-state index in [0.717, 1.165) is 47.4 Å². The summed E-state index contributed by atoms with van der Waals surface area (Å²) in [5.74, 6) is 0.0671. The number of rotatable bonds is 6. The quantitative estimate of drug-likeness (QED) is 0.615. The van der Waals surface area contributed by atoms with Crippen molar-refractivity contribution in [3.05, 3.63) is 39.8 Å². The number of hydrogen-bond acceptors (Lipinski definition) is 5. The Morgan fingerprint density at radius 1 is 1.38 bits per heavy atom. The second-order valence-corrected chi connectivity index (χ2v) is 9.32. The highest BCUT2D eigenvalue weighted by molar-refractivity contribution is 9.10. The molecule has 3 N–H and O–H groups in total. The highest BCUT2D eigenvalue weighted by Gasteiger charge is 2.27. The van der Waals surface area contributed by atoms with Gasteiger partial charge in [-0.05, 0) is 79.6 Å². The van der Waals surface area contributed by atoms with Crippen molar-refractivity contribution in [1.29, 1.82) is 0 Å². The van der Waals surface area contributed by atoms with Gasteiger partial charge in [0.2, 0.25) is 5.91 Å². The van der Waals surface area contributed by atoms with Gasteiger partial charge in [-0.15, -0.1) is 0 Å². The van der Waals surface area contributed by atoms with E-state index in [2.05, 4.69) is 42.7 Å². The minimum absolute atomic E-state index is 0.0671. The van der Waals surface area contributed by atoms with Crippen LogP contribution in [0.15, 0.2) is 34.1 Å². The Balaban J connectivity index is 1.65. The third-order valence-corrected chi connectivity index (χ3v) is 5.56. The lowest BCUT2D eigenvalue weighted by atomic mass is 9.91. The highest BCUT2D eigenvalue weighted by atomic mass is 79.9. The summed E-state index contributed by atoms with van der Waals surface area (Å²) in [6.07, 6.45) is 7.54. The molecule has 0 saturated heterocycles. The topological polar surface area (TPSA) is 91.5 Å². The van der Waals surface area contributed by atoms with Crippen molar-refractivity contribution in [3.8, 4) is 0 Å². The summed E-state index contributed by atoms with van der Waals surface area (Å²) >= 11 is 3.47. The predicted octanol–water partition coefficient (Wildman–Crippen LogP) is 3.45. The van der Waals surface area contributed by atoms with Crippen molar-refractivity contribution in [2.24, 2.45) is 0 Å². The van der Waals surface area contributed by atoms with Gasteiger partial charge in [0.15, 0.2) is 5.65 Å². The number of hydrogen-bond donors (Lipinski definition) is 3. The fourth-order valence-electron chi connectivity index (χ4n) is 3.47. The van der Waals surface area contributed by atoms with Crippen molar-refractivity contribution >= 4 is 38.7 Å². The molecule has 0 atom stereocenters. The molecule has 29 heavy (non-hydrogen) atoms. The van der Waals surface area contributed by atoms with Crippen molar-refractivity contribution < 1.29 is 9.90 Å². The van der Waals surface area contributed by atoms with Crippen LogP contribution in [0.5, 0.6) is 0 Å². The molecule has 154 valence electrons. The van der Waals surface area contributed by atoms with E-state index >= 15 is 0 Å². The van der Waals surface area contributed by atoms with E-state index in [4.69, 9.17) is 0 Å². The second kappa shape index (κ2) is 7.57. The molecule has 2 heterocycles. The van der Waals surface area contributed by atoms with Crippen molar-refractivity contribution in [1.82, 2.24) is 19.9 Å². The van der Waals surface area contributed by atoms with Crippen molar-refractivity contribution in [2.75, 3.05) is 11.9 Å². The number of anilines is 1. The Labute approximate surface area is 178 Å². The smallest absolute Gasteiger partial charge is 0.247 e. The van der Waals surface area contributed by atoms with Crippen LogP contribution < -0.4 is 10.6 Å². The zero-order chi connectivity index (χ0) is 20.8. The second-order valence-electron chi connectivity index (χ2n) is 8.50. The predicted molar refractivity (Wildman–Crippen MR) is 117 cm³/mol. The molecule has 1 fully saturated rings. The average Bonchev–Trinajstić information content (AvgIpc) is 3.35. The fourth-order valence-corrected chi connectivity index (χ4v) is 3.86. The van der Waals surface area contributed by atoms with E-state index in [1.165, 1.54) is 0 Å². The van der Waals surface area contributed by atoms with Gasteiger partial charge in [0.25, 0.3) is 0 Å². The maximum absolute atomic E-state index is 12.4. The van der Waals surface area contributed by atoms with E-state index < -0.39 is 5.60 Å². The summed E-state index contributed by atoms with van der Waals surface area (Å²) in [6.45, 7) is 5.89. The Morgan fingerprint density at radius 2 is 2.14 bits per heavy atom. The molecule has 4 rings (SSSR count). The first-order chi connectivity index (χ1) is 13.7. The summed E-state index contributed by atoms with van der Waals surface area (Å²) in [4.78, 5) is 17.0. The average molecular weight is 460 g/mol. The van der Waals surface area contributed by atoms with Crippen molar-refractivity contribution in [3.63, 3.8) is 0 Å². The van der Waals surface area contributed by atoms with Crippen molar-refractivity contribution in [2.45, 2.75) is 58.1 Å². The standard InChI is InChI=1S/C21H26BrN5O2/c1-12-8-13(4-7-15(12)20(28)25-14-5-6-14)17-10-23-19-16(24-11-21(2,3)29)9-18(22)26-27(17)19/h8-10,14,24,29H,4-7,11H2,1-3H3,(H,25,28). The van der Waals surface area contributed by atoms with Crippen LogP contribution in [0.3, 0.4) is 0 Å². The number of aromatic nitrogens is 3. The number of halogens is 1. The normalized spacial score (nSPS) is 17.5. The number of fused-ring (bicyclic) bond motifs is 1. The minimum Gasteiger partial charge on any atom is -0.389 e. The van der Waals surface area contributed by atoms with Crippen LogP contribution in [-0.4, -0.2) is 43.8 Å². The number of imidazole rings is 1. The molecular weight excluding hydrogens is 434 g/mol. The van der Waals surface area contributed by atoms with Crippen LogP contribution in [0.4, 0.5) is 5.69 Å². The van der Waals surface area contributed by atoms with E-state index in [9.17, 15) is 9.90 Å². The van der Waals surface area contributed by atoms with Crippen LogP contribution in [0.25, 0.3) is 11.2 Å². The zero-order valence-corrected chi connectivity index (χ0v) is 18.5. The molecule has 0 aromatic carbocycles. The van der Waals surface area contributed by atoms with Gasteiger partial charge in [-0.3, -0.25) is 4.79 Å². The van der Waals surface area contributed by atoms with E-state index in [-0.39, 0.29) is 5.91 Å². The molecule has 2 aliphatic carbocycles. The number of nitrogens with one attached hydrogen (secondary N) is 2. The number of carbonyl (C=O) groups is 1. The maximum Gasteiger partial charge on any atom is 0.247 e. The Bertz CT molecular complexity index is 1030. The SMILES string of the molecule is CC1=C(C(=O)NC2CC2)CCC(c2cnc3c(NCC(C)(C)O)cc(Br)nn23)=C1. The summed E-state index contributed by atoms with van der Waals surface area (Å²) in [5.41, 5.74) is 4.55. The van der Waals surface area contributed by atoms with Crippen LogP contribution in [0.1, 0.15) is 52.1 Å². The molecule has 8 heteroatoms. The van der Waals surface area contributed by atoms with Gasteiger partial charge in [0.05, 0.1) is 23.2 Å². The summed E-state index contributed by atoms with van der Waals surface area (Å²) in [6, 6.07) is 2.22. The first-order valence-electron chi connectivity index (χ1n) is 9.93. The molecule has 2 aromatic heterocycles. The van der Waals surface area contributed by atoms with E-state index in [0.29, 0.717) is 29.3 Å². The third-order valence-electron chi connectivity index (χ3n) is 5.18. The summed E-state index contributed by atoms with van der Waals surface area (Å²) in [7, 11) is 0. The molecule has 0 aliphatic heterocycles. The lowest BCUT2D eigenvalue weighted by molar-refractivity contribution is -0.117. The third kappa shape index (κ3) is 4.53. The van der Waals surface area contributed by atoms with Gasteiger partial charge in [-0.1, -0.05) is 6.08 Å². The molecule has 7 nitrogen and oxygen atoms in total. The first-order valence-corrected chi connectivity index (χ1v) is 10.7. The van der Waals surface area contributed by atoms with Crippen LogP contribution in [-0.2, 0) is 4.79 Å². The monoisotopic (exact) mass is 459 g/mol. The number of nitrogens with zero attached hydrogens (tertiary/aromatic N) is 3. The van der Waals surface area contributed by atoms with Crippen LogP contribution >= 0.6 is 15.9 Å². The van der Waals surface area contributed by atoms with Crippen LogP contribution in [0, 0.1) is 0 Å². The van der Waals surface area contributed by atoms with Gasteiger partial charge in [-0.2, -0.15) is 5.10 Å². The van der Waals surface area contributed by atoms with Gasteiger partial charge in [0, 0.05) is 18.2 Å². The number of allylic oxidation sites excluding steroid dienone is 3. The largest absolute Gasteiger partial charge is 0.389 e. The lowest BCUT2D eigenvalue weighted by Crippen LogP contribution is -2.29. The molecule has 2 aliphatic rings. The molecule has 1 amide bonds. The Morgan fingerprint density at radius 3 is 2.79 bits per heavy atom. The number of carbonyl (C=O) groups excluding carboxylic acids is 1. The van der Waals surface area contributed by atoms with Gasteiger partial charge >= 0.3 is 0 Å². The summed E-state index contributed by atoms with van der Waals surface area (Å²) in [5, 5.41) is 20.9. The maximum atomic E-state index is 12.4. The number of aliphatic hydroxyl groups is 1. The van der Waals surface area contributed by atoms with Crippen LogP contribution in [0.2, 0.25) is 0 Å². The number of amides is 1. The Kier molecular flexibility index (Phi) is 5.25. The first kappa shape index (κ1) is 20.1. The molecule has 0 unspecified atom stereocenters. The lowest BCUT2D eigenvalue weighted by Gasteiger charge is -2.19. The van der Waals surface area contributed by atoms with E-state index in [1.807, 2.05) is 23.7 Å². The zero-order valence-electron chi connectivity index (χ0n) is 16.9. The molecular formula is C21H26BrN5O2. The van der Waals surface area contributed by atoms with E-state index in [1.54, 1.807) is 13.8 Å².